The van der Waals surface area contributed by atoms with Crippen molar-refractivity contribution < 1.29 is 19.1 Å². The summed E-state index contributed by atoms with van der Waals surface area (Å²) in [5.41, 5.74) is 7.15. The topological polar surface area (TPSA) is 78.6 Å². The Morgan fingerprint density at radius 2 is 2.05 bits per heavy atom. The van der Waals surface area contributed by atoms with Gasteiger partial charge in [0, 0.05) is 0 Å². The van der Waals surface area contributed by atoms with Crippen LogP contribution in [-0.4, -0.2) is 25.3 Å². The molecule has 2 unspecified atom stereocenters. The molecule has 1 saturated carbocycles. The second-order valence-corrected chi connectivity index (χ2v) is 4.70. The Balaban J connectivity index is 1.76. The Bertz CT molecular complexity index is 486. The molecule has 1 aromatic rings. The first-order valence-corrected chi connectivity index (χ1v) is 6.23. The molecule has 0 radical (unpaired) electrons. The summed E-state index contributed by atoms with van der Waals surface area (Å²) in [6.07, 6.45) is -0.0426. The molecule has 0 saturated heterocycles. The maximum atomic E-state index is 11.7. The molecule has 2 rings (SSSR count). The second kappa shape index (κ2) is 5.73. The average molecular weight is 263 g/mol. The number of hydrogen-bond donors (Lipinski definition) is 1. The highest BCUT2D eigenvalue weighted by Gasteiger charge is 2.45. The lowest BCUT2D eigenvalue weighted by atomic mass is 10.1. The zero-order valence-electron chi connectivity index (χ0n) is 10.8. The monoisotopic (exact) mass is 263 g/mol. The molecule has 1 fully saturated rings. The van der Waals surface area contributed by atoms with Crippen LogP contribution in [0.4, 0.5) is 4.79 Å². The second-order valence-electron chi connectivity index (χ2n) is 4.70. The Kier molecular flexibility index (Phi) is 4.04. The first kappa shape index (κ1) is 13.4. The molecule has 19 heavy (non-hydrogen) atoms. The summed E-state index contributed by atoms with van der Waals surface area (Å²) in [7, 11) is 0. The molecule has 2 N–H and O–H groups in total. The van der Waals surface area contributed by atoms with E-state index in [1.165, 1.54) is 11.1 Å². The smallest absolute Gasteiger partial charge is 0.404 e. The Morgan fingerprint density at radius 3 is 2.74 bits per heavy atom. The minimum Gasteiger partial charge on any atom is -0.462 e. The fourth-order valence-corrected chi connectivity index (χ4v) is 2.12. The van der Waals surface area contributed by atoms with Crippen molar-refractivity contribution in [3.63, 3.8) is 0 Å². The van der Waals surface area contributed by atoms with Crippen LogP contribution < -0.4 is 5.73 Å². The Morgan fingerprint density at radius 1 is 1.32 bits per heavy atom. The maximum Gasteiger partial charge on any atom is 0.404 e. The van der Waals surface area contributed by atoms with Crippen LogP contribution in [0, 0.1) is 12.8 Å². The highest BCUT2D eigenvalue weighted by Crippen LogP contribution is 2.48. The van der Waals surface area contributed by atoms with Crippen molar-refractivity contribution in [3.8, 4) is 0 Å². The fourth-order valence-electron chi connectivity index (χ4n) is 2.12. The molecule has 5 heteroatoms. The van der Waals surface area contributed by atoms with Crippen molar-refractivity contribution in [1.29, 1.82) is 0 Å². The number of carbonyl (C=O) groups excluding carboxylic acids is 2. The van der Waals surface area contributed by atoms with E-state index in [1.807, 2.05) is 25.1 Å². The predicted molar refractivity (Wildman–Crippen MR) is 68.5 cm³/mol. The van der Waals surface area contributed by atoms with Crippen LogP contribution in [0.15, 0.2) is 24.3 Å². The summed E-state index contributed by atoms with van der Waals surface area (Å²) >= 11 is 0. The standard InChI is InChI=1S/C14H17NO4/c1-9-3-2-4-10(7-9)11-8-12(11)13(16)18-5-6-19-14(15)17/h2-4,7,11-12H,5-6,8H2,1H3,(H2,15,17). The van der Waals surface area contributed by atoms with Crippen LogP contribution in [0.3, 0.4) is 0 Å². The molecule has 0 bridgehead atoms. The highest BCUT2D eigenvalue weighted by atomic mass is 16.6. The molecule has 2 atom stereocenters. The summed E-state index contributed by atoms with van der Waals surface area (Å²) in [5, 5.41) is 0. The molecule has 0 aliphatic heterocycles. The number of ether oxygens (including phenoxy) is 2. The number of amides is 1. The van der Waals surface area contributed by atoms with Crippen molar-refractivity contribution in [2.24, 2.45) is 11.7 Å². The number of benzene rings is 1. The van der Waals surface area contributed by atoms with Gasteiger partial charge in [0.2, 0.25) is 0 Å². The van der Waals surface area contributed by atoms with Gasteiger partial charge < -0.3 is 15.2 Å². The fraction of sp³-hybridized carbons (Fsp3) is 0.429. The molecule has 1 amide bonds. The van der Waals surface area contributed by atoms with Crippen molar-refractivity contribution >= 4 is 12.1 Å². The third kappa shape index (κ3) is 3.71. The normalized spacial score (nSPS) is 20.7. The third-order valence-electron chi connectivity index (χ3n) is 3.14. The lowest BCUT2D eigenvalue weighted by molar-refractivity contribution is -0.146. The molecule has 0 spiro atoms. The van der Waals surface area contributed by atoms with Gasteiger partial charge in [-0.05, 0) is 24.8 Å². The third-order valence-corrected chi connectivity index (χ3v) is 3.14. The van der Waals surface area contributed by atoms with Gasteiger partial charge in [0.25, 0.3) is 0 Å². The minimum absolute atomic E-state index is 0.00288. The minimum atomic E-state index is -0.861. The molecule has 0 heterocycles. The number of rotatable bonds is 5. The molecule has 1 aliphatic carbocycles. The van der Waals surface area contributed by atoms with Crippen molar-refractivity contribution in [1.82, 2.24) is 0 Å². The van der Waals surface area contributed by atoms with Crippen molar-refractivity contribution in [2.75, 3.05) is 13.2 Å². The lowest BCUT2D eigenvalue weighted by Gasteiger charge is -2.05. The summed E-state index contributed by atoms with van der Waals surface area (Å²) in [6.45, 7) is 2.09. The Labute approximate surface area is 111 Å². The predicted octanol–water partition coefficient (Wildman–Crippen LogP) is 1.74. The number of hydrogen-bond acceptors (Lipinski definition) is 4. The highest BCUT2D eigenvalue weighted by molar-refractivity contribution is 5.77. The summed E-state index contributed by atoms with van der Waals surface area (Å²) < 4.78 is 9.51. The largest absolute Gasteiger partial charge is 0.462 e. The van der Waals surface area contributed by atoms with Crippen LogP contribution >= 0.6 is 0 Å². The molecular weight excluding hydrogens is 246 g/mol. The molecular formula is C14H17NO4. The van der Waals surface area contributed by atoms with Gasteiger partial charge in [-0.3, -0.25) is 4.79 Å². The van der Waals surface area contributed by atoms with E-state index < -0.39 is 6.09 Å². The van der Waals surface area contributed by atoms with E-state index in [2.05, 4.69) is 10.8 Å². The molecule has 102 valence electrons. The summed E-state index contributed by atoms with van der Waals surface area (Å²) in [5.74, 6) is -0.0561. The summed E-state index contributed by atoms with van der Waals surface area (Å²) in [4.78, 5) is 22.0. The number of aryl methyl sites for hydroxylation is 1. The maximum absolute atomic E-state index is 11.7. The van der Waals surface area contributed by atoms with E-state index in [0.717, 1.165) is 6.42 Å². The van der Waals surface area contributed by atoms with Crippen LogP contribution in [0.5, 0.6) is 0 Å². The van der Waals surface area contributed by atoms with E-state index in [9.17, 15) is 9.59 Å². The van der Waals surface area contributed by atoms with Gasteiger partial charge in [-0.2, -0.15) is 0 Å². The van der Waals surface area contributed by atoms with E-state index in [4.69, 9.17) is 10.5 Å². The van der Waals surface area contributed by atoms with Crippen LogP contribution in [0.25, 0.3) is 0 Å². The van der Waals surface area contributed by atoms with E-state index >= 15 is 0 Å². The van der Waals surface area contributed by atoms with Gasteiger partial charge >= 0.3 is 12.1 Å². The van der Waals surface area contributed by atoms with Crippen molar-refractivity contribution in [2.45, 2.75) is 19.3 Å². The quantitative estimate of drug-likeness (QED) is 0.648. The van der Waals surface area contributed by atoms with Gasteiger partial charge in [0.1, 0.15) is 13.2 Å². The first-order chi connectivity index (χ1) is 9.08. The SMILES string of the molecule is Cc1cccc(C2CC2C(=O)OCCOC(N)=O)c1. The first-order valence-electron chi connectivity index (χ1n) is 6.23. The molecule has 5 nitrogen and oxygen atoms in total. The van der Waals surface area contributed by atoms with E-state index in [0.29, 0.717) is 0 Å². The van der Waals surface area contributed by atoms with Gasteiger partial charge in [-0.25, -0.2) is 4.79 Å². The van der Waals surface area contributed by atoms with Gasteiger partial charge in [0.05, 0.1) is 5.92 Å². The van der Waals surface area contributed by atoms with E-state index in [-0.39, 0.29) is 31.0 Å². The molecule has 1 aromatic carbocycles. The van der Waals surface area contributed by atoms with E-state index in [1.54, 1.807) is 0 Å². The van der Waals surface area contributed by atoms with Crippen molar-refractivity contribution in [3.05, 3.63) is 35.4 Å². The summed E-state index contributed by atoms with van der Waals surface area (Å²) in [6, 6.07) is 8.14. The van der Waals surface area contributed by atoms with Crippen LogP contribution in [0.2, 0.25) is 0 Å². The zero-order chi connectivity index (χ0) is 13.8. The average Bonchev–Trinajstić information content (AvgIpc) is 3.14. The number of esters is 1. The number of nitrogens with two attached hydrogens (primary N) is 1. The molecule has 0 aromatic heterocycles. The lowest BCUT2D eigenvalue weighted by Crippen LogP contribution is -2.18. The zero-order valence-corrected chi connectivity index (χ0v) is 10.8. The van der Waals surface area contributed by atoms with Gasteiger partial charge in [-0.1, -0.05) is 29.8 Å². The van der Waals surface area contributed by atoms with Crippen LogP contribution in [-0.2, 0) is 14.3 Å². The van der Waals surface area contributed by atoms with Gasteiger partial charge in [-0.15, -0.1) is 0 Å². The van der Waals surface area contributed by atoms with Gasteiger partial charge in [0.15, 0.2) is 0 Å². The molecule has 1 aliphatic rings. The number of primary amides is 1. The number of carbonyl (C=O) groups is 2. The Hall–Kier alpha value is -2.04. The van der Waals surface area contributed by atoms with Crippen LogP contribution in [0.1, 0.15) is 23.5 Å².